The molecule has 0 unspecified atom stereocenters. The molecule has 0 N–H and O–H groups in total. The van der Waals surface area contributed by atoms with Gasteiger partial charge in [-0.15, -0.1) is 0 Å². The molecule has 3 nitrogen and oxygen atoms in total. The van der Waals surface area contributed by atoms with Gasteiger partial charge in [-0.3, -0.25) is 0 Å². The quantitative estimate of drug-likeness (QED) is 0.531. The van der Waals surface area contributed by atoms with Crippen LogP contribution in [-0.2, 0) is 6.54 Å². The summed E-state index contributed by atoms with van der Waals surface area (Å²) in [5.41, 5.74) is 2.15. The van der Waals surface area contributed by atoms with Crippen molar-refractivity contribution in [2.75, 3.05) is 14.2 Å². The van der Waals surface area contributed by atoms with Gasteiger partial charge in [-0.05, 0) is 18.6 Å². The van der Waals surface area contributed by atoms with Gasteiger partial charge in [0.05, 0.1) is 14.2 Å². The number of para-hydroxylation sites is 1. The summed E-state index contributed by atoms with van der Waals surface area (Å²) < 4.78 is 12.8. The van der Waals surface area contributed by atoms with E-state index in [0.29, 0.717) is 0 Å². The van der Waals surface area contributed by atoms with Crippen LogP contribution in [0.5, 0.6) is 11.5 Å². The molecule has 0 spiro atoms. The first-order valence-electron chi connectivity index (χ1n) is 6.66. The highest BCUT2D eigenvalue weighted by atomic mass is 127. The standard InChI is InChI=1S/C17H20NO2.HI/c1-4-18-12-10-14(11-13-18)8-9-15-6-5-7-16(19-2)17(15)20-3;/h5-13H,4H2,1-3H3;1H/q+1;/p-1/b9-8+;. The van der Waals surface area contributed by atoms with Crippen LogP contribution >= 0.6 is 0 Å². The Morgan fingerprint density at radius 3 is 2.29 bits per heavy atom. The van der Waals surface area contributed by atoms with Crippen LogP contribution < -0.4 is 38.0 Å². The number of aryl methyl sites for hydroxylation is 1. The summed E-state index contributed by atoms with van der Waals surface area (Å²) in [6.45, 7) is 3.10. The molecular formula is C17H20INO2. The van der Waals surface area contributed by atoms with E-state index in [1.54, 1.807) is 14.2 Å². The van der Waals surface area contributed by atoms with E-state index >= 15 is 0 Å². The minimum absolute atomic E-state index is 0. The van der Waals surface area contributed by atoms with Crippen molar-refractivity contribution in [2.24, 2.45) is 0 Å². The Labute approximate surface area is 143 Å². The average Bonchev–Trinajstić information content (AvgIpc) is 2.52. The molecule has 0 aliphatic heterocycles. The number of methoxy groups -OCH3 is 2. The molecule has 1 aromatic heterocycles. The smallest absolute Gasteiger partial charge is 0.169 e. The number of aromatic nitrogens is 1. The van der Waals surface area contributed by atoms with E-state index in [4.69, 9.17) is 9.47 Å². The minimum atomic E-state index is 0. The van der Waals surface area contributed by atoms with E-state index in [1.165, 1.54) is 0 Å². The van der Waals surface area contributed by atoms with Crippen LogP contribution in [0.4, 0.5) is 0 Å². The van der Waals surface area contributed by atoms with Gasteiger partial charge in [-0.25, -0.2) is 4.57 Å². The molecule has 0 bridgehead atoms. The minimum Gasteiger partial charge on any atom is -1.00 e. The second kappa shape index (κ2) is 8.67. The Morgan fingerprint density at radius 1 is 1.00 bits per heavy atom. The number of hydrogen-bond acceptors (Lipinski definition) is 2. The highest BCUT2D eigenvalue weighted by Gasteiger charge is 2.06. The second-order valence-electron chi connectivity index (χ2n) is 4.38. The summed E-state index contributed by atoms with van der Waals surface area (Å²) in [5, 5.41) is 0. The highest BCUT2D eigenvalue weighted by Crippen LogP contribution is 2.31. The van der Waals surface area contributed by atoms with Gasteiger partial charge in [0, 0.05) is 17.7 Å². The topological polar surface area (TPSA) is 22.3 Å². The lowest BCUT2D eigenvalue weighted by Gasteiger charge is -2.09. The summed E-state index contributed by atoms with van der Waals surface area (Å²) in [4.78, 5) is 0. The average molecular weight is 397 g/mol. The third-order valence-corrected chi connectivity index (χ3v) is 3.17. The molecule has 4 heteroatoms. The van der Waals surface area contributed by atoms with Gasteiger partial charge in [-0.1, -0.05) is 24.3 Å². The first-order chi connectivity index (χ1) is 9.78. The lowest BCUT2D eigenvalue weighted by molar-refractivity contribution is -0.693. The van der Waals surface area contributed by atoms with Crippen LogP contribution in [-0.4, -0.2) is 14.2 Å². The summed E-state index contributed by atoms with van der Waals surface area (Å²) >= 11 is 0. The zero-order valence-corrected chi connectivity index (χ0v) is 14.7. The number of hydrogen-bond donors (Lipinski definition) is 0. The van der Waals surface area contributed by atoms with E-state index in [-0.39, 0.29) is 24.0 Å². The maximum Gasteiger partial charge on any atom is 0.169 e. The zero-order valence-electron chi connectivity index (χ0n) is 12.5. The predicted octanol–water partition coefficient (Wildman–Crippen LogP) is 0.186. The Morgan fingerprint density at radius 2 is 1.71 bits per heavy atom. The molecule has 1 heterocycles. The first-order valence-corrected chi connectivity index (χ1v) is 6.66. The Balaban J connectivity index is 0.00000220. The summed E-state index contributed by atoms with van der Waals surface area (Å²) in [7, 11) is 3.30. The molecule has 112 valence electrons. The summed E-state index contributed by atoms with van der Waals surface area (Å²) in [6.07, 6.45) is 8.25. The van der Waals surface area contributed by atoms with Crippen LogP contribution in [0.1, 0.15) is 18.1 Å². The number of nitrogens with zero attached hydrogens (tertiary/aromatic N) is 1. The molecule has 0 fully saturated rings. The maximum absolute atomic E-state index is 5.41. The number of pyridine rings is 1. The third-order valence-electron chi connectivity index (χ3n) is 3.17. The predicted molar refractivity (Wildman–Crippen MR) is 80.8 cm³/mol. The molecule has 1 aromatic carbocycles. The molecule has 0 atom stereocenters. The van der Waals surface area contributed by atoms with Crippen molar-refractivity contribution in [3.63, 3.8) is 0 Å². The van der Waals surface area contributed by atoms with Crippen molar-refractivity contribution in [3.8, 4) is 11.5 Å². The van der Waals surface area contributed by atoms with Crippen LogP contribution in [0.3, 0.4) is 0 Å². The number of benzene rings is 1. The van der Waals surface area contributed by atoms with E-state index in [1.807, 2.05) is 24.3 Å². The van der Waals surface area contributed by atoms with Gasteiger partial charge in [0.1, 0.15) is 6.54 Å². The molecular weight excluding hydrogens is 377 g/mol. The maximum atomic E-state index is 5.41. The van der Waals surface area contributed by atoms with E-state index in [2.05, 4.69) is 42.1 Å². The summed E-state index contributed by atoms with van der Waals surface area (Å²) in [6, 6.07) is 10.0. The Bertz CT molecular complexity index is 594. The molecule has 0 aliphatic rings. The van der Waals surface area contributed by atoms with Crippen molar-refractivity contribution in [1.29, 1.82) is 0 Å². The van der Waals surface area contributed by atoms with Gasteiger partial charge in [0.25, 0.3) is 0 Å². The lowest BCUT2D eigenvalue weighted by atomic mass is 10.1. The van der Waals surface area contributed by atoms with Crippen molar-refractivity contribution in [1.82, 2.24) is 0 Å². The van der Waals surface area contributed by atoms with Crippen molar-refractivity contribution < 1.29 is 38.0 Å². The Kier molecular flexibility index (Phi) is 7.22. The number of ether oxygens (including phenoxy) is 2. The van der Waals surface area contributed by atoms with Gasteiger partial charge in [0.15, 0.2) is 23.9 Å². The van der Waals surface area contributed by atoms with Crippen molar-refractivity contribution in [2.45, 2.75) is 13.5 Å². The number of halogens is 1. The van der Waals surface area contributed by atoms with Crippen LogP contribution in [0.25, 0.3) is 12.2 Å². The number of rotatable bonds is 5. The van der Waals surface area contributed by atoms with Gasteiger partial charge in [-0.2, -0.15) is 0 Å². The largest absolute Gasteiger partial charge is 1.00 e. The first kappa shape index (κ1) is 17.5. The molecule has 21 heavy (non-hydrogen) atoms. The van der Waals surface area contributed by atoms with E-state index < -0.39 is 0 Å². The van der Waals surface area contributed by atoms with Gasteiger partial charge < -0.3 is 33.5 Å². The van der Waals surface area contributed by atoms with Crippen molar-refractivity contribution in [3.05, 3.63) is 53.9 Å². The van der Waals surface area contributed by atoms with Crippen molar-refractivity contribution >= 4 is 12.2 Å². The van der Waals surface area contributed by atoms with E-state index in [0.717, 1.165) is 29.2 Å². The lowest BCUT2D eigenvalue weighted by Crippen LogP contribution is -3.00. The van der Waals surface area contributed by atoms with E-state index in [9.17, 15) is 0 Å². The fraction of sp³-hybridized carbons (Fsp3) is 0.235. The SMILES string of the molecule is CC[n+]1ccc(/C=C/c2cccc(OC)c2OC)cc1.[I-]. The molecule has 0 radical (unpaired) electrons. The normalized spacial score (nSPS) is 10.2. The fourth-order valence-corrected chi connectivity index (χ4v) is 2.02. The fourth-order valence-electron chi connectivity index (χ4n) is 2.02. The Hall–Kier alpha value is -1.56. The molecule has 0 saturated carbocycles. The van der Waals surface area contributed by atoms with Gasteiger partial charge >= 0.3 is 0 Å². The monoisotopic (exact) mass is 397 g/mol. The molecule has 2 rings (SSSR count). The van der Waals surface area contributed by atoms with Crippen LogP contribution in [0, 0.1) is 0 Å². The molecule has 0 saturated heterocycles. The summed E-state index contributed by atoms with van der Waals surface area (Å²) in [5.74, 6) is 1.50. The zero-order chi connectivity index (χ0) is 14.4. The highest BCUT2D eigenvalue weighted by molar-refractivity contribution is 5.74. The van der Waals surface area contributed by atoms with Crippen LogP contribution in [0.15, 0.2) is 42.7 Å². The molecule has 2 aromatic rings. The van der Waals surface area contributed by atoms with Crippen LogP contribution in [0.2, 0.25) is 0 Å². The van der Waals surface area contributed by atoms with Gasteiger partial charge in [0.2, 0.25) is 0 Å². The second-order valence-corrected chi connectivity index (χ2v) is 4.38. The molecule has 0 amide bonds. The third kappa shape index (κ3) is 4.46. The molecule has 0 aliphatic carbocycles.